The van der Waals surface area contributed by atoms with Crippen molar-refractivity contribution in [1.29, 1.82) is 0 Å². The van der Waals surface area contributed by atoms with E-state index in [1.807, 2.05) is 0 Å². The standard InChI is InChI=1S/C10H19NO/c1-8-2-4-9(5-3-8)10(12)6-11-7-10/h8-9,11-12H,2-7H2,1H3. The summed E-state index contributed by atoms with van der Waals surface area (Å²) in [7, 11) is 0. The molecule has 0 radical (unpaired) electrons. The molecule has 1 saturated carbocycles. The van der Waals surface area contributed by atoms with Crippen LogP contribution in [-0.2, 0) is 0 Å². The van der Waals surface area contributed by atoms with Crippen LogP contribution in [0.25, 0.3) is 0 Å². The summed E-state index contributed by atoms with van der Waals surface area (Å²) in [6.07, 6.45) is 5.10. The van der Waals surface area contributed by atoms with Crippen LogP contribution in [0.4, 0.5) is 0 Å². The highest BCUT2D eigenvalue weighted by Gasteiger charge is 2.42. The van der Waals surface area contributed by atoms with Crippen molar-refractivity contribution in [1.82, 2.24) is 5.32 Å². The number of hydrogen-bond acceptors (Lipinski definition) is 2. The lowest BCUT2D eigenvalue weighted by molar-refractivity contribution is -0.0761. The fourth-order valence-electron chi connectivity index (χ4n) is 2.47. The molecule has 2 N–H and O–H groups in total. The molecule has 0 amide bonds. The number of aliphatic hydroxyl groups is 1. The van der Waals surface area contributed by atoms with Crippen LogP contribution >= 0.6 is 0 Å². The van der Waals surface area contributed by atoms with Gasteiger partial charge < -0.3 is 10.4 Å². The summed E-state index contributed by atoms with van der Waals surface area (Å²) >= 11 is 0. The third kappa shape index (κ3) is 1.38. The van der Waals surface area contributed by atoms with Gasteiger partial charge in [0, 0.05) is 13.1 Å². The minimum atomic E-state index is -0.333. The fourth-order valence-corrected chi connectivity index (χ4v) is 2.47. The first-order chi connectivity index (χ1) is 5.71. The Morgan fingerprint density at radius 2 is 1.75 bits per heavy atom. The zero-order valence-corrected chi connectivity index (χ0v) is 7.84. The quantitative estimate of drug-likeness (QED) is 0.617. The maximum Gasteiger partial charge on any atom is 0.0923 e. The Morgan fingerprint density at radius 1 is 1.17 bits per heavy atom. The predicted molar refractivity (Wildman–Crippen MR) is 48.9 cm³/mol. The molecule has 1 heterocycles. The second kappa shape index (κ2) is 3.00. The molecule has 2 aliphatic rings. The molecule has 1 aliphatic heterocycles. The lowest BCUT2D eigenvalue weighted by Crippen LogP contribution is -2.64. The smallest absolute Gasteiger partial charge is 0.0923 e. The van der Waals surface area contributed by atoms with Crippen LogP contribution in [0.15, 0.2) is 0 Å². The summed E-state index contributed by atoms with van der Waals surface area (Å²) < 4.78 is 0. The monoisotopic (exact) mass is 169 g/mol. The molecule has 2 heteroatoms. The molecule has 2 fully saturated rings. The Hall–Kier alpha value is -0.0800. The molecule has 2 rings (SSSR count). The van der Waals surface area contributed by atoms with Gasteiger partial charge in [-0.3, -0.25) is 0 Å². The largest absolute Gasteiger partial charge is 0.387 e. The number of rotatable bonds is 1. The number of hydrogen-bond donors (Lipinski definition) is 2. The third-order valence-electron chi connectivity index (χ3n) is 3.64. The Morgan fingerprint density at radius 3 is 2.17 bits per heavy atom. The van der Waals surface area contributed by atoms with E-state index in [2.05, 4.69) is 12.2 Å². The van der Waals surface area contributed by atoms with Gasteiger partial charge in [0.15, 0.2) is 0 Å². The zero-order valence-electron chi connectivity index (χ0n) is 7.84. The van der Waals surface area contributed by atoms with Crippen LogP contribution in [0.1, 0.15) is 32.6 Å². The molecule has 0 aromatic carbocycles. The summed E-state index contributed by atoms with van der Waals surface area (Å²) in [5.74, 6) is 1.47. The lowest BCUT2D eigenvalue weighted by atomic mass is 9.71. The maximum atomic E-state index is 10.1. The van der Waals surface area contributed by atoms with E-state index in [9.17, 15) is 5.11 Å². The van der Waals surface area contributed by atoms with Crippen molar-refractivity contribution in [2.24, 2.45) is 11.8 Å². The molecule has 12 heavy (non-hydrogen) atoms. The lowest BCUT2D eigenvalue weighted by Gasteiger charge is -2.46. The van der Waals surface area contributed by atoms with Crippen LogP contribution in [0.5, 0.6) is 0 Å². The minimum Gasteiger partial charge on any atom is -0.387 e. The second-order valence-electron chi connectivity index (χ2n) is 4.66. The molecular weight excluding hydrogens is 150 g/mol. The van der Waals surface area contributed by atoms with Gasteiger partial charge in [-0.15, -0.1) is 0 Å². The molecule has 0 atom stereocenters. The molecular formula is C10H19NO. The van der Waals surface area contributed by atoms with Crippen LogP contribution in [0.2, 0.25) is 0 Å². The van der Waals surface area contributed by atoms with Crippen molar-refractivity contribution in [2.45, 2.75) is 38.2 Å². The van der Waals surface area contributed by atoms with E-state index >= 15 is 0 Å². The van der Waals surface area contributed by atoms with E-state index < -0.39 is 0 Å². The highest BCUT2D eigenvalue weighted by molar-refractivity contribution is 4.99. The van der Waals surface area contributed by atoms with E-state index in [0.717, 1.165) is 19.0 Å². The van der Waals surface area contributed by atoms with Gasteiger partial charge in [-0.2, -0.15) is 0 Å². The first-order valence-corrected chi connectivity index (χ1v) is 5.14. The molecule has 2 nitrogen and oxygen atoms in total. The highest BCUT2D eigenvalue weighted by atomic mass is 16.3. The van der Waals surface area contributed by atoms with Gasteiger partial charge >= 0.3 is 0 Å². The molecule has 1 aliphatic carbocycles. The van der Waals surface area contributed by atoms with E-state index in [-0.39, 0.29) is 5.60 Å². The van der Waals surface area contributed by atoms with Crippen LogP contribution in [0.3, 0.4) is 0 Å². The van der Waals surface area contributed by atoms with Crippen molar-refractivity contribution >= 4 is 0 Å². The van der Waals surface area contributed by atoms with Crippen molar-refractivity contribution in [3.8, 4) is 0 Å². The van der Waals surface area contributed by atoms with Gasteiger partial charge in [0.1, 0.15) is 0 Å². The van der Waals surface area contributed by atoms with Gasteiger partial charge in [0.25, 0.3) is 0 Å². The zero-order chi connectivity index (χ0) is 8.60. The maximum absolute atomic E-state index is 10.1. The van der Waals surface area contributed by atoms with Crippen molar-refractivity contribution in [3.63, 3.8) is 0 Å². The molecule has 0 aromatic heterocycles. The molecule has 70 valence electrons. The summed E-state index contributed by atoms with van der Waals surface area (Å²) in [6.45, 7) is 3.97. The second-order valence-corrected chi connectivity index (χ2v) is 4.66. The minimum absolute atomic E-state index is 0.333. The Balaban J connectivity index is 1.88. The third-order valence-corrected chi connectivity index (χ3v) is 3.64. The molecule has 0 aromatic rings. The van der Waals surface area contributed by atoms with Crippen LogP contribution in [0, 0.1) is 11.8 Å². The van der Waals surface area contributed by atoms with E-state index in [4.69, 9.17) is 0 Å². The average molecular weight is 169 g/mol. The normalized spacial score (nSPS) is 40.5. The van der Waals surface area contributed by atoms with Crippen molar-refractivity contribution < 1.29 is 5.11 Å². The highest BCUT2D eigenvalue weighted by Crippen LogP contribution is 2.36. The predicted octanol–water partition coefficient (Wildman–Crippen LogP) is 1.15. The van der Waals surface area contributed by atoms with E-state index in [1.165, 1.54) is 25.7 Å². The van der Waals surface area contributed by atoms with Gasteiger partial charge in [0.2, 0.25) is 0 Å². The van der Waals surface area contributed by atoms with Crippen molar-refractivity contribution in [2.75, 3.05) is 13.1 Å². The van der Waals surface area contributed by atoms with E-state index in [0.29, 0.717) is 5.92 Å². The van der Waals surface area contributed by atoms with Gasteiger partial charge in [-0.05, 0) is 24.7 Å². The Kier molecular flexibility index (Phi) is 2.13. The first kappa shape index (κ1) is 8.52. The molecule has 0 bridgehead atoms. The van der Waals surface area contributed by atoms with Crippen molar-refractivity contribution in [3.05, 3.63) is 0 Å². The average Bonchev–Trinajstić information content (AvgIpc) is 2.02. The SMILES string of the molecule is CC1CCC(C2(O)CNC2)CC1. The summed E-state index contributed by atoms with van der Waals surface area (Å²) in [6, 6.07) is 0. The summed E-state index contributed by atoms with van der Waals surface area (Å²) in [5, 5.41) is 13.2. The first-order valence-electron chi connectivity index (χ1n) is 5.14. The van der Waals surface area contributed by atoms with E-state index in [1.54, 1.807) is 0 Å². The number of nitrogens with one attached hydrogen (secondary N) is 1. The number of β-amino-alcohol motifs (C(OH)–C–C–N with tert-alkyl or cyclic N) is 1. The summed E-state index contributed by atoms with van der Waals surface area (Å²) in [5.41, 5.74) is -0.333. The summed E-state index contributed by atoms with van der Waals surface area (Å²) in [4.78, 5) is 0. The van der Waals surface area contributed by atoms with Crippen LogP contribution in [-0.4, -0.2) is 23.8 Å². The van der Waals surface area contributed by atoms with Gasteiger partial charge in [0.05, 0.1) is 5.60 Å². The molecule has 0 unspecified atom stereocenters. The van der Waals surface area contributed by atoms with Gasteiger partial charge in [-0.1, -0.05) is 19.8 Å². The van der Waals surface area contributed by atoms with Crippen LogP contribution < -0.4 is 5.32 Å². The molecule has 1 saturated heterocycles. The molecule has 0 spiro atoms. The Bertz CT molecular complexity index is 157. The Labute approximate surface area is 74.4 Å². The topological polar surface area (TPSA) is 32.3 Å². The van der Waals surface area contributed by atoms with Gasteiger partial charge in [-0.25, -0.2) is 0 Å². The fraction of sp³-hybridized carbons (Fsp3) is 1.00.